The van der Waals surface area contributed by atoms with Crippen molar-refractivity contribution in [2.75, 3.05) is 26.2 Å². The number of unbranched alkanes of at least 4 members (excludes halogenated alkanes) is 4. The Hall–Kier alpha value is 0.690. The monoisotopic (exact) mass is 353 g/mol. The van der Waals surface area contributed by atoms with Crippen molar-refractivity contribution in [3.63, 3.8) is 0 Å². The maximum Gasteiger partial charge on any atom is 0.0786 e. The molecule has 1 aliphatic rings. The first-order chi connectivity index (χ1) is 7.83. The van der Waals surface area contributed by atoms with E-state index < -0.39 is 0 Å². The highest BCUT2D eigenvalue weighted by atomic mass is 127. The number of rotatable bonds is 8. The summed E-state index contributed by atoms with van der Waals surface area (Å²) in [6.07, 6.45) is 13.0. The van der Waals surface area contributed by atoms with Crippen LogP contribution in [-0.2, 0) is 0 Å². The molecule has 2 heteroatoms. The first-order valence-corrected chi connectivity index (χ1v) is 7.68. The molecule has 17 heavy (non-hydrogen) atoms. The lowest BCUT2D eigenvalue weighted by Gasteiger charge is -2.42. The van der Waals surface area contributed by atoms with E-state index in [1.807, 2.05) is 0 Å². The van der Waals surface area contributed by atoms with Crippen LogP contribution in [-0.4, -0.2) is 30.7 Å². The molecule has 0 amide bonds. The molecule has 1 rings (SSSR count). The topological polar surface area (TPSA) is 0 Å². The van der Waals surface area contributed by atoms with Gasteiger partial charge < -0.3 is 28.5 Å². The van der Waals surface area contributed by atoms with Crippen molar-refractivity contribution in [2.45, 2.75) is 71.6 Å². The summed E-state index contributed by atoms with van der Waals surface area (Å²) in [6, 6.07) is 0. The fraction of sp³-hybridized carbons (Fsp3) is 1.00. The number of likely N-dealkylation sites (tertiary alicyclic amines) is 1. The SMILES string of the molecule is CCCCC[N+]1(CCCCC)CCCCC1.[I-]. The molecular weight excluding hydrogens is 321 g/mol. The molecule has 1 heterocycles. The second-order valence-corrected chi connectivity index (χ2v) is 5.71. The van der Waals surface area contributed by atoms with Gasteiger partial charge >= 0.3 is 0 Å². The normalized spacial score (nSPS) is 18.7. The van der Waals surface area contributed by atoms with Gasteiger partial charge in [-0.3, -0.25) is 0 Å². The van der Waals surface area contributed by atoms with Crippen molar-refractivity contribution >= 4 is 0 Å². The van der Waals surface area contributed by atoms with Crippen molar-refractivity contribution in [2.24, 2.45) is 0 Å². The minimum Gasteiger partial charge on any atom is -1.00 e. The van der Waals surface area contributed by atoms with E-state index in [1.165, 1.54) is 88.4 Å². The van der Waals surface area contributed by atoms with Gasteiger partial charge in [0, 0.05) is 0 Å². The summed E-state index contributed by atoms with van der Waals surface area (Å²) in [4.78, 5) is 0. The molecule has 104 valence electrons. The number of hydrogen-bond donors (Lipinski definition) is 0. The molecule has 0 aliphatic carbocycles. The summed E-state index contributed by atoms with van der Waals surface area (Å²) in [7, 11) is 0. The zero-order chi connectivity index (χ0) is 11.7. The molecule has 0 aromatic rings. The second-order valence-electron chi connectivity index (χ2n) is 5.71. The Bertz CT molecular complexity index is 152. The van der Waals surface area contributed by atoms with Crippen LogP contribution >= 0.6 is 0 Å². The Morgan fingerprint density at radius 3 is 1.59 bits per heavy atom. The van der Waals surface area contributed by atoms with Gasteiger partial charge in [-0.05, 0) is 44.9 Å². The third kappa shape index (κ3) is 7.00. The number of hydrogen-bond acceptors (Lipinski definition) is 0. The van der Waals surface area contributed by atoms with Gasteiger partial charge in [0.25, 0.3) is 0 Å². The molecule has 1 aliphatic heterocycles. The Morgan fingerprint density at radius 1 is 0.706 bits per heavy atom. The van der Waals surface area contributed by atoms with Gasteiger partial charge in [0.05, 0.1) is 26.2 Å². The molecular formula is C15H32IN. The summed E-state index contributed by atoms with van der Waals surface area (Å²) < 4.78 is 1.47. The average Bonchev–Trinajstić information content (AvgIpc) is 2.31. The molecule has 0 bridgehead atoms. The molecule has 0 aromatic heterocycles. The van der Waals surface area contributed by atoms with Crippen LogP contribution in [0.25, 0.3) is 0 Å². The maximum atomic E-state index is 2.32. The van der Waals surface area contributed by atoms with E-state index in [0.29, 0.717) is 0 Å². The van der Waals surface area contributed by atoms with Gasteiger partial charge in [-0.25, -0.2) is 0 Å². The van der Waals surface area contributed by atoms with Crippen LogP contribution in [0, 0.1) is 0 Å². The standard InChI is InChI=1S/C15H32N.HI/c1-3-5-8-12-16(13-9-6-4-2)14-10-7-11-15-16;/h3-15H2,1-2H3;1H/q+1;/p-1. The lowest BCUT2D eigenvalue weighted by molar-refractivity contribution is -0.932. The molecule has 0 unspecified atom stereocenters. The van der Waals surface area contributed by atoms with Crippen molar-refractivity contribution in [1.29, 1.82) is 0 Å². The molecule has 1 saturated heterocycles. The van der Waals surface area contributed by atoms with Crippen LogP contribution in [0.3, 0.4) is 0 Å². The number of piperidine rings is 1. The van der Waals surface area contributed by atoms with Crippen molar-refractivity contribution in [3.05, 3.63) is 0 Å². The van der Waals surface area contributed by atoms with Crippen LogP contribution in [0.2, 0.25) is 0 Å². The number of quaternary nitrogens is 1. The minimum atomic E-state index is 0. The molecule has 0 saturated carbocycles. The fourth-order valence-electron chi connectivity index (χ4n) is 3.14. The Balaban J connectivity index is 0.00000256. The highest BCUT2D eigenvalue weighted by Gasteiger charge is 2.28. The summed E-state index contributed by atoms with van der Waals surface area (Å²) in [5, 5.41) is 0. The second kappa shape index (κ2) is 10.6. The Labute approximate surface area is 126 Å². The van der Waals surface area contributed by atoms with E-state index in [9.17, 15) is 0 Å². The smallest absolute Gasteiger partial charge is 0.0786 e. The number of nitrogens with zero attached hydrogens (tertiary/aromatic N) is 1. The molecule has 0 atom stereocenters. The Morgan fingerprint density at radius 2 is 1.18 bits per heavy atom. The van der Waals surface area contributed by atoms with E-state index in [2.05, 4.69) is 13.8 Å². The largest absolute Gasteiger partial charge is 1.00 e. The summed E-state index contributed by atoms with van der Waals surface area (Å²) in [5.41, 5.74) is 0. The van der Waals surface area contributed by atoms with Crippen LogP contribution in [0.15, 0.2) is 0 Å². The average molecular weight is 353 g/mol. The zero-order valence-electron chi connectivity index (χ0n) is 12.0. The van der Waals surface area contributed by atoms with E-state index in [-0.39, 0.29) is 24.0 Å². The van der Waals surface area contributed by atoms with E-state index >= 15 is 0 Å². The quantitative estimate of drug-likeness (QED) is 0.351. The van der Waals surface area contributed by atoms with E-state index in [4.69, 9.17) is 0 Å². The highest BCUT2D eigenvalue weighted by Crippen LogP contribution is 2.21. The van der Waals surface area contributed by atoms with Crippen molar-refractivity contribution in [3.8, 4) is 0 Å². The van der Waals surface area contributed by atoms with Crippen LogP contribution < -0.4 is 24.0 Å². The van der Waals surface area contributed by atoms with Gasteiger partial charge in [-0.1, -0.05) is 26.7 Å². The first kappa shape index (κ1) is 17.7. The summed E-state index contributed by atoms with van der Waals surface area (Å²) in [6.45, 7) is 10.5. The van der Waals surface area contributed by atoms with Gasteiger partial charge in [0.1, 0.15) is 0 Å². The fourth-order valence-corrected chi connectivity index (χ4v) is 3.14. The molecule has 1 nitrogen and oxygen atoms in total. The predicted octanol–water partition coefficient (Wildman–Crippen LogP) is 1.37. The third-order valence-electron chi connectivity index (χ3n) is 4.24. The summed E-state index contributed by atoms with van der Waals surface area (Å²) in [5.74, 6) is 0. The van der Waals surface area contributed by atoms with Gasteiger partial charge in [0.15, 0.2) is 0 Å². The third-order valence-corrected chi connectivity index (χ3v) is 4.24. The zero-order valence-corrected chi connectivity index (χ0v) is 14.2. The molecule has 0 spiro atoms. The minimum absolute atomic E-state index is 0. The van der Waals surface area contributed by atoms with Crippen LogP contribution in [0.5, 0.6) is 0 Å². The first-order valence-electron chi connectivity index (χ1n) is 7.68. The van der Waals surface area contributed by atoms with Gasteiger partial charge in [-0.15, -0.1) is 0 Å². The highest BCUT2D eigenvalue weighted by molar-refractivity contribution is 4.55. The van der Waals surface area contributed by atoms with Crippen molar-refractivity contribution < 1.29 is 28.5 Å². The lowest BCUT2D eigenvalue weighted by atomic mass is 10.0. The Kier molecular flexibility index (Phi) is 11.0. The lowest BCUT2D eigenvalue weighted by Crippen LogP contribution is -3.00. The predicted molar refractivity (Wildman–Crippen MR) is 72.6 cm³/mol. The summed E-state index contributed by atoms with van der Waals surface area (Å²) >= 11 is 0. The maximum absolute atomic E-state index is 2.32. The number of halogens is 1. The van der Waals surface area contributed by atoms with Crippen LogP contribution in [0.4, 0.5) is 0 Å². The van der Waals surface area contributed by atoms with Crippen molar-refractivity contribution in [1.82, 2.24) is 0 Å². The van der Waals surface area contributed by atoms with Gasteiger partial charge in [0.2, 0.25) is 0 Å². The van der Waals surface area contributed by atoms with Gasteiger partial charge in [-0.2, -0.15) is 0 Å². The molecule has 1 fully saturated rings. The molecule has 0 N–H and O–H groups in total. The van der Waals surface area contributed by atoms with E-state index in [1.54, 1.807) is 0 Å². The molecule has 0 radical (unpaired) electrons. The van der Waals surface area contributed by atoms with E-state index in [0.717, 1.165) is 0 Å². The molecule has 0 aromatic carbocycles. The van der Waals surface area contributed by atoms with Crippen LogP contribution in [0.1, 0.15) is 71.6 Å².